The first-order chi connectivity index (χ1) is 11.0. The molecule has 1 aliphatic carbocycles. The molecule has 0 bridgehead atoms. The lowest BCUT2D eigenvalue weighted by molar-refractivity contribution is -0.122. The fraction of sp³-hybridized carbons (Fsp3) is 0.556. The van der Waals surface area contributed by atoms with Crippen LogP contribution < -0.4 is 11.1 Å². The van der Waals surface area contributed by atoms with Crippen LogP contribution in [0, 0.1) is 0 Å². The number of hydrogen-bond acceptors (Lipinski definition) is 3. The van der Waals surface area contributed by atoms with Gasteiger partial charge in [-0.3, -0.25) is 9.59 Å². The summed E-state index contributed by atoms with van der Waals surface area (Å²) in [6, 6.07) is 7.03. The molecule has 2 rings (SSSR count). The number of anilines is 1. The van der Waals surface area contributed by atoms with Crippen LogP contribution in [0.4, 0.5) is 5.69 Å². The summed E-state index contributed by atoms with van der Waals surface area (Å²) in [5.41, 5.74) is 6.79. The maximum Gasteiger partial charge on any atom is 0.253 e. The number of hydrogen-bond donors (Lipinski definition) is 2. The molecule has 0 spiro atoms. The summed E-state index contributed by atoms with van der Waals surface area (Å²) in [7, 11) is 0. The minimum absolute atomic E-state index is 0. The fourth-order valence-corrected chi connectivity index (χ4v) is 3.05. The molecule has 1 saturated carbocycles. The second-order valence-corrected chi connectivity index (χ2v) is 6.23. The molecule has 5 nitrogen and oxygen atoms in total. The molecule has 24 heavy (non-hydrogen) atoms. The standard InChI is InChI=1S/C18H27N3O2.ClH/c1-3-21(4-2)16(22)14-8-10-15(11-9-14)20-17(23)18(19)12-6-5-7-13-18;/h8-11H,3-7,12-13,19H2,1-2H3,(H,20,23);1H. The normalized spacial score (nSPS) is 16.0. The minimum atomic E-state index is -0.756. The molecular formula is C18H28ClN3O2. The summed E-state index contributed by atoms with van der Waals surface area (Å²) in [6.45, 7) is 5.29. The van der Waals surface area contributed by atoms with Crippen LogP contribution in [-0.2, 0) is 4.79 Å². The van der Waals surface area contributed by atoms with Crippen molar-refractivity contribution in [2.45, 2.75) is 51.5 Å². The van der Waals surface area contributed by atoms with E-state index < -0.39 is 5.54 Å². The number of amides is 2. The number of nitrogens with one attached hydrogen (secondary N) is 1. The Balaban J connectivity index is 0.00000288. The number of carbonyl (C=O) groups is 2. The lowest BCUT2D eigenvalue weighted by Crippen LogP contribution is -2.52. The highest BCUT2D eigenvalue weighted by atomic mass is 35.5. The van der Waals surface area contributed by atoms with Crippen molar-refractivity contribution < 1.29 is 9.59 Å². The summed E-state index contributed by atoms with van der Waals surface area (Å²) >= 11 is 0. The topological polar surface area (TPSA) is 75.4 Å². The Bertz CT molecular complexity index is 550. The Kier molecular flexibility index (Phi) is 7.70. The van der Waals surface area contributed by atoms with E-state index >= 15 is 0 Å². The van der Waals surface area contributed by atoms with Gasteiger partial charge in [0.2, 0.25) is 5.91 Å². The Labute approximate surface area is 150 Å². The highest BCUT2D eigenvalue weighted by molar-refractivity contribution is 5.99. The predicted molar refractivity (Wildman–Crippen MR) is 99.6 cm³/mol. The van der Waals surface area contributed by atoms with Gasteiger partial charge in [-0.25, -0.2) is 0 Å². The molecule has 6 heteroatoms. The number of halogens is 1. The molecule has 0 saturated heterocycles. The molecule has 0 aromatic heterocycles. The van der Waals surface area contributed by atoms with Crippen molar-refractivity contribution in [3.8, 4) is 0 Å². The van der Waals surface area contributed by atoms with Gasteiger partial charge in [-0.2, -0.15) is 0 Å². The van der Waals surface area contributed by atoms with Gasteiger partial charge in [-0.15, -0.1) is 12.4 Å². The first-order valence-corrected chi connectivity index (χ1v) is 8.50. The van der Waals surface area contributed by atoms with Crippen LogP contribution >= 0.6 is 12.4 Å². The van der Waals surface area contributed by atoms with Gasteiger partial charge >= 0.3 is 0 Å². The van der Waals surface area contributed by atoms with Crippen LogP contribution in [0.3, 0.4) is 0 Å². The van der Waals surface area contributed by atoms with Crippen LogP contribution in [0.15, 0.2) is 24.3 Å². The summed E-state index contributed by atoms with van der Waals surface area (Å²) in [4.78, 5) is 26.4. The molecule has 1 fully saturated rings. The third-order valence-electron chi connectivity index (χ3n) is 4.64. The van der Waals surface area contributed by atoms with Crippen LogP contribution in [-0.4, -0.2) is 35.3 Å². The SMILES string of the molecule is CCN(CC)C(=O)c1ccc(NC(=O)C2(N)CCCCC2)cc1.Cl. The number of carbonyl (C=O) groups excluding carboxylic acids is 2. The highest BCUT2D eigenvalue weighted by Crippen LogP contribution is 2.27. The average Bonchev–Trinajstić information content (AvgIpc) is 2.57. The third-order valence-corrected chi connectivity index (χ3v) is 4.64. The second-order valence-electron chi connectivity index (χ2n) is 6.23. The third kappa shape index (κ3) is 4.71. The Morgan fingerprint density at radius 2 is 1.62 bits per heavy atom. The summed E-state index contributed by atoms with van der Waals surface area (Å²) in [5, 5.41) is 2.89. The van der Waals surface area contributed by atoms with Crippen LogP contribution in [0.5, 0.6) is 0 Å². The van der Waals surface area contributed by atoms with Crippen molar-refractivity contribution in [3.63, 3.8) is 0 Å². The maximum absolute atomic E-state index is 12.4. The molecule has 2 amide bonds. The van der Waals surface area contributed by atoms with Crippen LogP contribution in [0.25, 0.3) is 0 Å². The number of nitrogens with two attached hydrogens (primary N) is 1. The molecular weight excluding hydrogens is 326 g/mol. The van der Waals surface area contributed by atoms with Crippen molar-refractivity contribution >= 4 is 29.9 Å². The van der Waals surface area contributed by atoms with E-state index in [0.29, 0.717) is 24.3 Å². The molecule has 134 valence electrons. The Hall–Kier alpha value is -1.59. The molecule has 0 radical (unpaired) electrons. The van der Waals surface area contributed by atoms with Gasteiger partial charge in [-0.05, 0) is 51.0 Å². The van der Waals surface area contributed by atoms with Crippen molar-refractivity contribution in [2.75, 3.05) is 18.4 Å². The molecule has 0 heterocycles. The van der Waals surface area contributed by atoms with E-state index in [1.54, 1.807) is 29.2 Å². The molecule has 1 aromatic carbocycles. The van der Waals surface area contributed by atoms with E-state index in [0.717, 1.165) is 32.1 Å². The zero-order valence-electron chi connectivity index (χ0n) is 14.5. The van der Waals surface area contributed by atoms with E-state index in [2.05, 4.69) is 5.32 Å². The maximum atomic E-state index is 12.4. The highest BCUT2D eigenvalue weighted by Gasteiger charge is 2.35. The monoisotopic (exact) mass is 353 g/mol. The van der Waals surface area contributed by atoms with Gasteiger partial charge in [0.05, 0.1) is 5.54 Å². The van der Waals surface area contributed by atoms with Gasteiger partial charge in [-0.1, -0.05) is 19.3 Å². The first-order valence-electron chi connectivity index (χ1n) is 8.50. The van der Waals surface area contributed by atoms with Crippen molar-refractivity contribution in [1.29, 1.82) is 0 Å². The molecule has 0 atom stereocenters. The Morgan fingerprint density at radius 1 is 1.08 bits per heavy atom. The zero-order chi connectivity index (χ0) is 16.9. The van der Waals surface area contributed by atoms with Gasteiger partial charge in [0.1, 0.15) is 0 Å². The van der Waals surface area contributed by atoms with Gasteiger partial charge < -0.3 is 16.0 Å². The second kappa shape index (κ2) is 9.04. The smallest absolute Gasteiger partial charge is 0.253 e. The molecule has 1 aliphatic rings. The summed E-state index contributed by atoms with van der Waals surface area (Å²) in [6.07, 6.45) is 4.62. The first kappa shape index (κ1) is 20.5. The molecule has 0 aliphatic heterocycles. The van der Waals surface area contributed by atoms with Gasteiger partial charge in [0.15, 0.2) is 0 Å². The zero-order valence-corrected chi connectivity index (χ0v) is 15.3. The number of rotatable bonds is 5. The van der Waals surface area contributed by atoms with Crippen molar-refractivity contribution in [1.82, 2.24) is 4.90 Å². The van der Waals surface area contributed by atoms with E-state index in [4.69, 9.17) is 5.73 Å². The molecule has 1 aromatic rings. The van der Waals surface area contributed by atoms with E-state index in [1.165, 1.54) is 0 Å². The van der Waals surface area contributed by atoms with E-state index in [-0.39, 0.29) is 24.2 Å². The lowest BCUT2D eigenvalue weighted by Gasteiger charge is -2.31. The lowest BCUT2D eigenvalue weighted by atomic mass is 9.82. The predicted octanol–water partition coefficient (Wildman–Crippen LogP) is 3.19. The van der Waals surface area contributed by atoms with Crippen LogP contribution in [0.2, 0.25) is 0 Å². The van der Waals surface area contributed by atoms with Crippen molar-refractivity contribution in [2.24, 2.45) is 5.73 Å². The average molecular weight is 354 g/mol. The number of nitrogens with zero attached hydrogens (tertiary/aromatic N) is 1. The minimum Gasteiger partial charge on any atom is -0.339 e. The van der Waals surface area contributed by atoms with Gasteiger partial charge in [0.25, 0.3) is 5.91 Å². The largest absolute Gasteiger partial charge is 0.339 e. The molecule has 0 unspecified atom stereocenters. The van der Waals surface area contributed by atoms with Crippen molar-refractivity contribution in [3.05, 3.63) is 29.8 Å². The van der Waals surface area contributed by atoms with E-state index in [9.17, 15) is 9.59 Å². The van der Waals surface area contributed by atoms with Crippen LogP contribution in [0.1, 0.15) is 56.3 Å². The molecule has 3 N–H and O–H groups in total. The van der Waals surface area contributed by atoms with Gasteiger partial charge in [0, 0.05) is 24.3 Å². The summed E-state index contributed by atoms with van der Waals surface area (Å²) in [5.74, 6) is -0.115. The fourth-order valence-electron chi connectivity index (χ4n) is 3.05. The Morgan fingerprint density at radius 3 is 2.12 bits per heavy atom. The quantitative estimate of drug-likeness (QED) is 0.853. The van der Waals surface area contributed by atoms with E-state index in [1.807, 2.05) is 13.8 Å². The summed E-state index contributed by atoms with van der Waals surface area (Å²) < 4.78 is 0. The number of benzene rings is 1.